The summed E-state index contributed by atoms with van der Waals surface area (Å²) in [5.41, 5.74) is 1.49. The van der Waals surface area contributed by atoms with E-state index in [1.54, 1.807) is 34.2 Å². The maximum atomic E-state index is 13.3. The summed E-state index contributed by atoms with van der Waals surface area (Å²) in [5, 5.41) is 0. The van der Waals surface area contributed by atoms with E-state index in [4.69, 9.17) is 0 Å². The number of piperazine rings is 1. The summed E-state index contributed by atoms with van der Waals surface area (Å²) < 4.78 is 41.6. The molecule has 4 heterocycles. The quantitative estimate of drug-likeness (QED) is 0.634. The van der Waals surface area contributed by atoms with E-state index in [0.717, 1.165) is 11.6 Å². The molecule has 0 saturated carbocycles. The molecule has 0 radical (unpaired) electrons. The minimum absolute atomic E-state index is 0.0498. The minimum Gasteiger partial charge on any atom is -0.337 e. The number of amides is 1. The van der Waals surface area contributed by atoms with Gasteiger partial charge in [-0.15, -0.1) is 0 Å². The molecular weight excluding hydrogens is 409 g/mol. The number of pyridine rings is 1. The lowest BCUT2D eigenvalue weighted by Gasteiger charge is -2.34. The molecule has 0 bridgehead atoms. The number of aromatic nitrogens is 4. The van der Waals surface area contributed by atoms with E-state index in [9.17, 15) is 18.0 Å². The Morgan fingerprint density at radius 3 is 2.42 bits per heavy atom. The van der Waals surface area contributed by atoms with Crippen molar-refractivity contribution < 1.29 is 18.0 Å². The van der Waals surface area contributed by atoms with E-state index < -0.39 is 11.9 Å². The number of anilines is 1. The molecule has 1 fully saturated rings. The minimum atomic E-state index is -4.54. The number of alkyl halides is 3. The zero-order chi connectivity index (χ0) is 22.3. The molecule has 4 rings (SSSR count). The lowest BCUT2D eigenvalue weighted by Crippen LogP contribution is -2.49. The summed E-state index contributed by atoms with van der Waals surface area (Å²) in [6, 6.07) is 4.83. The van der Waals surface area contributed by atoms with Crippen LogP contribution in [0.4, 0.5) is 19.1 Å². The van der Waals surface area contributed by atoms with E-state index in [2.05, 4.69) is 15.0 Å². The Labute approximate surface area is 177 Å². The lowest BCUT2D eigenvalue weighted by molar-refractivity contribution is -0.141. The highest BCUT2D eigenvalue weighted by Gasteiger charge is 2.35. The van der Waals surface area contributed by atoms with Gasteiger partial charge in [0.25, 0.3) is 5.91 Å². The molecule has 1 saturated heterocycles. The Kier molecular flexibility index (Phi) is 5.32. The largest absolute Gasteiger partial charge is 0.433 e. The maximum absolute atomic E-state index is 13.3. The fourth-order valence-electron chi connectivity index (χ4n) is 3.49. The van der Waals surface area contributed by atoms with Crippen molar-refractivity contribution in [1.29, 1.82) is 0 Å². The Bertz CT molecular complexity index is 1120. The fourth-order valence-corrected chi connectivity index (χ4v) is 3.49. The molecule has 3 aromatic rings. The molecule has 1 aliphatic heterocycles. The van der Waals surface area contributed by atoms with Crippen LogP contribution < -0.4 is 4.90 Å². The van der Waals surface area contributed by atoms with Gasteiger partial charge in [0.15, 0.2) is 0 Å². The van der Waals surface area contributed by atoms with Crippen LogP contribution in [0.1, 0.15) is 47.2 Å². The van der Waals surface area contributed by atoms with Crippen molar-refractivity contribution in [2.24, 2.45) is 0 Å². The molecule has 164 valence electrons. The average molecular weight is 432 g/mol. The molecule has 10 heteroatoms. The molecule has 3 aromatic heterocycles. The Morgan fingerprint density at radius 2 is 1.77 bits per heavy atom. The summed E-state index contributed by atoms with van der Waals surface area (Å²) >= 11 is 0. The van der Waals surface area contributed by atoms with Gasteiger partial charge in [-0.05, 0) is 36.6 Å². The zero-order valence-corrected chi connectivity index (χ0v) is 17.5. The topological polar surface area (TPSA) is 66.6 Å². The van der Waals surface area contributed by atoms with Crippen LogP contribution >= 0.6 is 0 Å². The van der Waals surface area contributed by atoms with Crippen LogP contribution in [0.3, 0.4) is 0 Å². The van der Waals surface area contributed by atoms with Crippen LogP contribution in [0, 0.1) is 6.92 Å². The van der Waals surface area contributed by atoms with Crippen LogP contribution in [0.25, 0.3) is 5.65 Å². The number of carbonyl (C=O) groups excluding carboxylic acids is 1. The third-order valence-electron chi connectivity index (χ3n) is 5.30. The zero-order valence-electron chi connectivity index (χ0n) is 17.5. The summed E-state index contributed by atoms with van der Waals surface area (Å²) in [4.78, 5) is 28.7. The fraction of sp³-hybridized carbons (Fsp3) is 0.429. The average Bonchev–Trinajstić information content (AvgIpc) is 3.15. The Hall–Kier alpha value is -3.17. The number of halogens is 3. The molecule has 0 spiro atoms. The molecule has 31 heavy (non-hydrogen) atoms. The van der Waals surface area contributed by atoms with Crippen LogP contribution in [0.15, 0.2) is 30.6 Å². The van der Waals surface area contributed by atoms with Crippen molar-refractivity contribution in [2.75, 3.05) is 31.1 Å². The highest BCUT2D eigenvalue weighted by molar-refractivity contribution is 5.93. The van der Waals surface area contributed by atoms with Crippen LogP contribution in [-0.4, -0.2) is 56.3 Å². The van der Waals surface area contributed by atoms with Crippen molar-refractivity contribution in [2.45, 2.75) is 32.9 Å². The first-order valence-corrected chi connectivity index (χ1v) is 10.1. The van der Waals surface area contributed by atoms with Gasteiger partial charge in [-0.2, -0.15) is 13.2 Å². The standard InChI is InChI=1S/C21H23F3N6O/c1-13(2)15-11-17(21(22,23)24)27-20(26-15)29-8-6-28(7-9-29)19(31)16-12-30-5-4-14(3)10-18(30)25-16/h4-5,10-13H,6-9H2,1-3H3. The second-order valence-corrected chi connectivity index (χ2v) is 8.01. The SMILES string of the molecule is Cc1ccn2cc(C(=O)N3CCN(c4nc(C(C)C)cc(C(F)(F)F)n4)CC3)nc2c1. The molecule has 1 amide bonds. The molecule has 7 nitrogen and oxygen atoms in total. The molecule has 0 aromatic carbocycles. The Morgan fingerprint density at radius 1 is 1.06 bits per heavy atom. The predicted molar refractivity (Wildman–Crippen MR) is 109 cm³/mol. The van der Waals surface area contributed by atoms with E-state index in [1.807, 2.05) is 25.3 Å². The van der Waals surface area contributed by atoms with Gasteiger partial charge in [0.05, 0.1) is 0 Å². The first-order chi connectivity index (χ1) is 14.6. The smallest absolute Gasteiger partial charge is 0.337 e. The number of rotatable bonds is 3. The van der Waals surface area contributed by atoms with E-state index in [1.165, 1.54) is 0 Å². The number of fused-ring (bicyclic) bond motifs is 1. The van der Waals surface area contributed by atoms with Crippen molar-refractivity contribution in [1.82, 2.24) is 24.3 Å². The summed E-state index contributed by atoms with van der Waals surface area (Å²) in [6.45, 7) is 6.92. The first-order valence-electron chi connectivity index (χ1n) is 10.1. The summed E-state index contributed by atoms with van der Waals surface area (Å²) in [5.74, 6) is -0.313. The van der Waals surface area contributed by atoms with Gasteiger partial charge in [0.1, 0.15) is 17.0 Å². The number of hydrogen-bond acceptors (Lipinski definition) is 5. The van der Waals surface area contributed by atoms with Crippen molar-refractivity contribution in [3.63, 3.8) is 0 Å². The van der Waals surface area contributed by atoms with Gasteiger partial charge >= 0.3 is 6.18 Å². The molecule has 0 unspecified atom stereocenters. The number of hydrogen-bond donors (Lipinski definition) is 0. The van der Waals surface area contributed by atoms with E-state index >= 15 is 0 Å². The molecule has 0 atom stereocenters. The van der Waals surface area contributed by atoms with E-state index in [-0.39, 0.29) is 17.8 Å². The molecule has 1 aliphatic rings. The van der Waals surface area contributed by atoms with Gasteiger partial charge in [-0.3, -0.25) is 4.79 Å². The third kappa shape index (κ3) is 4.33. The number of imidazole rings is 1. The summed E-state index contributed by atoms with van der Waals surface area (Å²) in [6.07, 6.45) is -1.00. The highest BCUT2D eigenvalue weighted by atomic mass is 19.4. The van der Waals surface area contributed by atoms with Gasteiger partial charge in [0, 0.05) is 44.3 Å². The maximum Gasteiger partial charge on any atom is 0.433 e. The highest BCUT2D eigenvalue weighted by Crippen LogP contribution is 2.31. The van der Waals surface area contributed by atoms with Gasteiger partial charge in [-0.1, -0.05) is 13.8 Å². The number of aryl methyl sites for hydroxylation is 1. The van der Waals surface area contributed by atoms with Crippen LogP contribution in [-0.2, 0) is 6.18 Å². The second-order valence-electron chi connectivity index (χ2n) is 8.01. The molecule has 0 aliphatic carbocycles. The van der Waals surface area contributed by atoms with Gasteiger partial charge in [-0.25, -0.2) is 15.0 Å². The lowest BCUT2D eigenvalue weighted by atomic mass is 10.1. The predicted octanol–water partition coefficient (Wildman–Crippen LogP) is 3.54. The second kappa shape index (κ2) is 7.82. The van der Waals surface area contributed by atoms with E-state index in [0.29, 0.717) is 43.2 Å². The molecule has 0 N–H and O–H groups in total. The summed E-state index contributed by atoms with van der Waals surface area (Å²) in [7, 11) is 0. The van der Waals surface area contributed by atoms with Gasteiger partial charge in [0.2, 0.25) is 5.95 Å². The van der Waals surface area contributed by atoms with Crippen molar-refractivity contribution in [3.8, 4) is 0 Å². The monoisotopic (exact) mass is 432 g/mol. The third-order valence-corrected chi connectivity index (χ3v) is 5.30. The number of nitrogens with zero attached hydrogens (tertiary/aromatic N) is 6. The number of carbonyl (C=O) groups is 1. The van der Waals surface area contributed by atoms with Crippen LogP contribution in [0.5, 0.6) is 0 Å². The normalized spacial score (nSPS) is 15.2. The van der Waals surface area contributed by atoms with Gasteiger partial charge < -0.3 is 14.2 Å². The molecular formula is C21H23F3N6O. The van der Waals surface area contributed by atoms with Crippen LogP contribution in [0.2, 0.25) is 0 Å². The Balaban J connectivity index is 1.50. The van der Waals surface area contributed by atoms with Crippen molar-refractivity contribution in [3.05, 3.63) is 53.2 Å². The van der Waals surface area contributed by atoms with Crippen molar-refractivity contribution >= 4 is 17.5 Å². The first kappa shape index (κ1) is 21.1.